The summed E-state index contributed by atoms with van der Waals surface area (Å²) >= 11 is 6.14. The standard InChI is InChI=1S/C41H43ClFN9O6/c42-31-17-28(4-1-25(31)20-44)58-27-5-2-26(3-6-27)47-38(54)33-21-46-36(22-45-33)51-15-13-49(14-16-51)23-24-9-11-50(12-10-24)35-19-30-29(18-32(35)43)40(56)52(41(30)57)34-7-8-37(53)48-39(34)55/h1,4,17-19,21-22,24,26-27,34H,2-3,5-16,23H2,(H,47,54)(H,48,53,55)/t26-,27-,34?. The molecule has 3 aromatic rings. The molecule has 17 heteroatoms. The molecule has 302 valence electrons. The van der Waals surface area contributed by atoms with Gasteiger partial charge in [-0.2, -0.15) is 5.26 Å². The van der Waals surface area contributed by atoms with E-state index in [9.17, 15) is 24.0 Å². The number of hydrogen-bond donors (Lipinski definition) is 2. The Kier molecular flexibility index (Phi) is 11.3. The second kappa shape index (κ2) is 16.7. The third-order valence-corrected chi connectivity index (χ3v) is 12.2. The molecule has 5 aliphatic rings. The molecule has 1 atom stereocenters. The Morgan fingerprint density at radius 3 is 2.28 bits per heavy atom. The second-order valence-electron chi connectivity index (χ2n) is 15.6. The first kappa shape index (κ1) is 39.2. The molecule has 1 aromatic heterocycles. The van der Waals surface area contributed by atoms with E-state index < -0.39 is 35.5 Å². The highest BCUT2D eigenvalue weighted by molar-refractivity contribution is 6.31. The number of nitriles is 1. The monoisotopic (exact) mass is 811 g/mol. The van der Waals surface area contributed by atoms with Crippen LogP contribution >= 0.6 is 11.6 Å². The lowest BCUT2D eigenvalue weighted by molar-refractivity contribution is -0.136. The van der Waals surface area contributed by atoms with Gasteiger partial charge in [0.2, 0.25) is 11.8 Å². The van der Waals surface area contributed by atoms with Crippen LogP contribution in [0.2, 0.25) is 5.02 Å². The molecule has 4 aliphatic heterocycles. The fraction of sp³-hybridized carbons (Fsp3) is 0.463. The summed E-state index contributed by atoms with van der Waals surface area (Å²) in [5, 5.41) is 14.7. The van der Waals surface area contributed by atoms with Crippen LogP contribution in [-0.4, -0.2) is 113 Å². The van der Waals surface area contributed by atoms with Crippen LogP contribution in [0.4, 0.5) is 15.9 Å². The number of amides is 5. The SMILES string of the molecule is N#Cc1ccc(O[C@H]2CC[C@H](NC(=O)c3cnc(N4CCN(CC5CCN(c6cc7c(cc6F)C(=O)N(C6CCC(=O)NC6=O)C7=O)CC5)CC4)cn3)CC2)cc1Cl. The van der Waals surface area contributed by atoms with E-state index in [2.05, 4.69) is 30.4 Å². The van der Waals surface area contributed by atoms with Crippen molar-refractivity contribution in [1.29, 1.82) is 5.26 Å². The number of rotatable bonds is 9. The van der Waals surface area contributed by atoms with Gasteiger partial charge in [0.05, 0.1) is 45.9 Å². The first-order valence-electron chi connectivity index (χ1n) is 19.8. The van der Waals surface area contributed by atoms with Crippen LogP contribution in [0.15, 0.2) is 42.7 Å². The predicted octanol–water partition coefficient (Wildman–Crippen LogP) is 3.70. The highest BCUT2D eigenvalue weighted by Gasteiger charge is 2.45. The molecule has 0 bridgehead atoms. The minimum atomic E-state index is -1.10. The summed E-state index contributed by atoms with van der Waals surface area (Å²) in [5.41, 5.74) is 0.949. The molecular formula is C41H43ClFN9O6. The maximum absolute atomic E-state index is 15.4. The molecule has 2 aromatic carbocycles. The van der Waals surface area contributed by atoms with Crippen LogP contribution in [-0.2, 0) is 9.59 Å². The van der Waals surface area contributed by atoms with E-state index in [1.807, 2.05) is 11.0 Å². The summed E-state index contributed by atoms with van der Waals surface area (Å²) in [5.74, 6) is -1.61. The summed E-state index contributed by atoms with van der Waals surface area (Å²) < 4.78 is 21.5. The number of halogens is 2. The topological polar surface area (TPSA) is 181 Å². The number of imide groups is 2. The Hall–Kier alpha value is -5.66. The van der Waals surface area contributed by atoms with E-state index in [1.165, 1.54) is 12.3 Å². The van der Waals surface area contributed by atoms with Crippen molar-refractivity contribution in [3.05, 3.63) is 75.9 Å². The van der Waals surface area contributed by atoms with Crippen LogP contribution in [0.5, 0.6) is 5.75 Å². The van der Waals surface area contributed by atoms with Gasteiger partial charge >= 0.3 is 0 Å². The third-order valence-electron chi connectivity index (χ3n) is 11.9. The molecule has 2 N–H and O–H groups in total. The van der Waals surface area contributed by atoms with E-state index in [0.717, 1.165) is 88.0 Å². The molecule has 1 unspecified atom stereocenters. The molecule has 8 rings (SSSR count). The highest BCUT2D eigenvalue weighted by atomic mass is 35.5. The van der Waals surface area contributed by atoms with Crippen LogP contribution in [0.25, 0.3) is 0 Å². The number of fused-ring (bicyclic) bond motifs is 1. The number of nitrogens with one attached hydrogen (secondary N) is 2. The van der Waals surface area contributed by atoms with Gasteiger partial charge in [0, 0.05) is 64.3 Å². The number of carbonyl (C=O) groups is 5. The van der Waals surface area contributed by atoms with E-state index in [-0.39, 0.29) is 53.4 Å². The van der Waals surface area contributed by atoms with Crippen molar-refractivity contribution in [2.45, 2.75) is 69.6 Å². The number of anilines is 2. The van der Waals surface area contributed by atoms with E-state index in [4.69, 9.17) is 21.6 Å². The number of hydrogen-bond acceptors (Lipinski definition) is 12. The Morgan fingerprint density at radius 1 is 0.897 bits per heavy atom. The molecule has 0 radical (unpaired) electrons. The van der Waals surface area contributed by atoms with Crippen molar-refractivity contribution >= 4 is 52.6 Å². The van der Waals surface area contributed by atoms with Gasteiger partial charge in [-0.25, -0.2) is 14.4 Å². The average Bonchev–Trinajstić information content (AvgIpc) is 3.46. The quantitative estimate of drug-likeness (QED) is 0.300. The van der Waals surface area contributed by atoms with Crippen molar-refractivity contribution in [2.24, 2.45) is 5.92 Å². The normalized spacial score (nSPS) is 23.1. The molecule has 1 saturated carbocycles. The van der Waals surface area contributed by atoms with Gasteiger partial charge in [-0.3, -0.25) is 39.1 Å². The molecule has 4 fully saturated rings. The molecule has 1 aliphatic carbocycles. The van der Waals surface area contributed by atoms with Crippen molar-refractivity contribution in [1.82, 2.24) is 30.4 Å². The minimum Gasteiger partial charge on any atom is -0.490 e. The van der Waals surface area contributed by atoms with Crippen LogP contribution in [0.3, 0.4) is 0 Å². The van der Waals surface area contributed by atoms with Crippen LogP contribution in [0, 0.1) is 23.1 Å². The number of piperazine rings is 1. The van der Waals surface area contributed by atoms with Gasteiger partial charge < -0.3 is 19.9 Å². The summed E-state index contributed by atoms with van der Waals surface area (Å²) in [7, 11) is 0. The van der Waals surface area contributed by atoms with Crippen molar-refractivity contribution < 1.29 is 33.1 Å². The number of piperidine rings is 2. The molecular weight excluding hydrogens is 769 g/mol. The molecule has 0 spiro atoms. The van der Waals surface area contributed by atoms with Gasteiger partial charge in [0.25, 0.3) is 17.7 Å². The number of aromatic nitrogens is 2. The average molecular weight is 812 g/mol. The van der Waals surface area contributed by atoms with Gasteiger partial charge in [-0.1, -0.05) is 11.6 Å². The van der Waals surface area contributed by atoms with Crippen LogP contribution in [0.1, 0.15) is 88.1 Å². The zero-order valence-electron chi connectivity index (χ0n) is 31.8. The van der Waals surface area contributed by atoms with Crippen molar-refractivity contribution in [3.63, 3.8) is 0 Å². The van der Waals surface area contributed by atoms with E-state index in [0.29, 0.717) is 35.3 Å². The number of ether oxygens (including phenoxy) is 1. The highest BCUT2D eigenvalue weighted by Crippen LogP contribution is 2.35. The summed E-state index contributed by atoms with van der Waals surface area (Å²) in [6, 6.07) is 8.53. The Morgan fingerprint density at radius 2 is 1.62 bits per heavy atom. The molecule has 5 amide bonds. The van der Waals surface area contributed by atoms with Crippen molar-refractivity contribution in [2.75, 3.05) is 55.6 Å². The lowest BCUT2D eigenvalue weighted by Gasteiger charge is -2.39. The zero-order chi connectivity index (χ0) is 40.5. The van der Waals surface area contributed by atoms with E-state index >= 15 is 4.39 Å². The lowest BCUT2D eigenvalue weighted by Crippen LogP contribution is -2.54. The van der Waals surface area contributed by atoms with Crippen LogP contribution < -0.4 is 25.2 Å². The second-order valence-corrected chi connectivity index (χ2v) is 16.0. The first-order chi connectivity index (χ1) is 28.0. The van der Waals surface area contributed by atoms with Gasteiger partial charge in [-0.15, -0.1) is 0 Å². The predicted molar refractivity (Wildman–Crippen MR) is 209 cm³/mol. The smallest absolute Gasteiger partial charge is 0.271 e. The molecule has 5 heterocycles. The maximum atomic E-state index is 15.4. The fourth-order valence-corrected chi connectivity index (χ4v) is 8.85. The minimum absolute atomic E-state index is 0.00449. The Labute approximate surface area is 339 Å². The number of benzene rings is 2. The van der Waals surface area contributed by atoms with E-state index in [1.54, 1.807) is 24.4 Å². The summed E-state index contributed by atoms with van der Waals surface area (Å²) in [6.07, 6.45) is 8.00. The molecule has 58 heavy (non-hydrogen) atoms. The molecule has 3 saturated heterocycles. The Balaban J connectivity index is 0.764. The lowest BCUT2D eigenvalue weighted by atomic mass is 9.93. The summed E-state index contributed by atoms with van der Waals surface area (Å²) in [6.45, 7) is 5.32. The van der Waals surface area contributed by atoms with Crippen molar-refractivity contribution in [3.8, 4) is 11.8 Å². The first-order valence-corrected chi connectivity index (χ1v) is 20.2. The largest absolute Gasteiger partial charge is 0.490 e. The fourth-order valence-electron chi connectivity index (χ4n) is 8.64. The van der Waals surface area contributed by atoms with Gasteiger partial charge in [0.15, 0.2) is 0 Å². The van der Waals surface area contributed by atoms with Gasteiger partial charge in [-0.05, 0) is 75.1 Å². The summed E-state index contributed by atoms with van der Waals surface area (Å²) in [4.78, 5) is 79.8. The Bertz CT molecular complexity index is 2160. The number of nitrogens with zero attached hydrogens (tertiary/aromatic N) is 7. The van der Waals surface area contributed by atoms with Gasteiger partial charge in [0.1, 0.15) is 35.2 Å². The third kappa shape index (κ3) is 8.19. The molecule has 15 nitrogen and oxygen atoms in total. The number of carbonyl (C=O) groups excluding carboxylic acids is 5. The zero-order valence-corrected chi connectivity index (χ0v) is 32.5. The maximum Gasteiger partial charge on any atom is 0.271 e.